The van der Waals surface area contributed by atoms with Gasteiger partial charge in [-0.15, -0.1) is 0 Å². The third-order valence-corrected chi connectivity index (χ3v) is 15.4. The fourth-order valence-electron chi connectivity index (χ4n) is 7.62. The monoisotopic (exact) mass is 1430 g/mol. The predicted octanol–water partition coefficient (Wildman–Crippen LogP) is 2.23. The van der Waals surface area contributed by atoms with Gasteiger partial charge in [0.25, 0.3) is 16.0 Å². The van der Waals surface area contributed by atoms with Gasteiger partial charge in [0.2, 0.25) is 29.4 Å². The van der Waals surface area contributed by atoms with Crippen LogP contribution in [-0.2, 0) is 95.6 Å². The molecule has 32 nitrogen and oxygen atoms in total. The number of nitrogens with zero attached hydrogens (tertiary/aromatic N) is 4. The number of hydrogen-bond donors (Lipinski definition) is 8. The van der Waals surface area contributed by atoms with Crippen molar-refractivity contribution in [3.63, 3.8) is 0 Å². The van der Waals surface area contributed by atoms with E-state index in [1.807, 2.05) is 20.9 Å². The van der Waals surface area contributed by atoms with Crippen molar-refractivity contribution < 1.29 is 104 Å². The molecule has 10 N–H and O–H groups in total. The Balaban J connectivity index is -0.000000596. The van der Waals surface area contributed by atoms with Gasteiger partial charge in [0.15, 0.2) is 11.7 Å². The number of hydrogen-bond acceptors (Lipinski definition) is 26. The Bertz CT molecular complexity index is 2690. The number of aliphatic carboxylic acids is 1. The van der Waals surface area contributed by atoms with E-state index in [0.717, 1.165) is 63.8 Å². The normalized spacial score (nSPS) is 12.7. The van der Waals surface area contributed by atoms with Gasteiger partial charge in [-0.1, -0.05) is 24.1 Å². The second kappa shape index (κ2) is 61.4. The number of aliphatic imine (C=N–C) groups is 1. The summed E-state index contributed by atoms with van der Waals surface area (Å²) in [7, 11) is 6.08. The van der Waals surface area contributed by atoms with E-state index in [1.54, 1.807) is 52.1 Å². The molecule has 0 aliphatic carbocycles. The smallest absolute Gasteiger partial charge is 0.314 e. The number of aliphatic hydroxyl groups is 1. The Hall–Kier alpha value is -7.69. The summed E-state index contributed by atoms with van der Waals surface area (Å²) in [4.78, 5) is 154. The highest BCUT2D eigenvalue weighted by atomic mass is 32.2. The third-order valence-electron chi connectivity index (χ3n) is 14.1. The zero-order valence-electron chi connectivity index (χ0n) is 60.7. The molecule has 568 valence electrons. The number of Topliss-reactive ketones (excluding diaryl/α,β-unsaturated/α-hetero) is 3. The molecule has 3 atom stereocenters. The van der Waals surface area contributed by atoms with Crippen molar-refractivity contribution in [1.82, 2.24) is 36.0 Å². The quantitative estimate of drug-likeness (QED) is 0.0117. The van der Waals surface area contributed by atoms with Crippen molar-refractivity contribution >= 4 is 92.7 Å². The number of unbranched alkanes of at least 4 members (excludes halogenated alkanes) is 3. The van der Waals surface area contributed by atoms with Crippen molar-refractivity contribution in [2.45, 2.75) is 193 Å². The molecule has 0 bridgehead atoms. The second-order valence-electron chi connectivity index (χ2n) is 22.5. The molecule has 3 rings (SSSR count). The van der Waals surface area contributed by atoms with E-state index in [2.05, 4.69) is 35.2 Å². The minimum Gasteiger partial charge on any atom is -0.481 e. The van der Waals surface area contributed by atoms with Gasteiger partial charge >= 0.3 is 29.8 Å². The number of carbonyl (C=O) groups is 13. The predicted molar refractivity (Wildman–Crippen MR) is 370 cm³/mol. The molecule has 0 spiro atoms. The average Bonchev–Trinajstić information content (AvgIpc) is 1.28. The van der Waals surface area contributed by atoms with Crippen molar-refractivity contribution in [3.05, 3.63) is 29.8 Å². The van der Waals surface area contributed by atoms with Gasteiger partial charge in [0.1, 0.15) is 5.78 Å². The lowest BCUT2D eigenvalue weighted by molar-refractivity contribution is -0.152. The molecule has 1 aromatic rings. The Kier molecular flexibility index (Phi) is 60.6. The highest BCUT2D eigenvalue weighted by molar-refractivity contribution is 7.86. The molecule has 2 aliphatic rings. The molecular formula is C66H116N10O22S. The summed E-state index contributed by atoms with van der Waals surface area (Å²) in [5, 5.41) is 27.7. The largest absolute Gasteiger partial charge is 0.481 e. The van der Waals surface area contributed by atoms with Crippen LogP contribution in [0.3, 0.4) is 0 Å². The molecule has 0 saturated carbocycles. The number of ketones is 3. The number of cyclic esters (lactones) is 2. The molecule has 3 unspecified atom stereocenters. The molecule has 2 aliphatic heterocycles. The Labute approximate surface area is 584 Å². The van der Waals surface area contributed by atoms with Crippen LogP contribution in [0.2, 0.25) is 0 Å². The number of nitrogens with two attached hydrogens (primary N) is 2. The lowest BCUT2D eigenvalue weighted by atomic mass is 10.0. The third kappa shape index (κ3) is 57.9. The molecule has 1 saturated heterocycles. The molecular weight excluding hydrogens is 1320 g/mol. The molecule has 1 fully saturated rings. The summed E-state index contributed by atoms with van der Waals surface area (Å²) in [6.07, 6.45) is 9.33. The second-order valence-corrected chi connectivity index (χ2v) is 24.2. The summed E-state index contributed by atoms with van der Waals surface area (Å²) in [5.74, 6) is -3.73. The Morgan fingerprint density at radius 1 is 0.626 bits per heavy atom. The van der Waals surface area contributed by atoms with Gasteiger partial charge in [-0.25, -0.2) is 0 Å². The number of carboxylic acid groups (broad SMARTS) is 1. The summed E-state index contributed by atoms with van der Waals surface area (Å²) in [6.45, 7) is 16.8. The molecule has 99 heavy (non-hydrogen) atoms. The van der Waals surface area contributed by atoms with E-state index in [-0.39, 0.29) is 104 Å². The lowest BCUT2D eigenvalue weighted by Crippen LogP contribution is -2.49. The number of esters is 4. The van der Waals surface area contributed by atoms with E-state index < -0.39 is 63.7 Å². The minimum atomic E-state index is -3.51. The van der Waals surface area contributed by atoms with Crippen LogP contribution in [-0.4, -0.2) is 249 Å². The van der Waals surface area contributed by atoms with Crippen LogP contribution in [0.15, 0.2) is 34.2 Å². The number of aliphatic hydroxyl groups excluding tert-OH is 1. The van der Waals surface area contributed by atoms with Crippen LogP contribution < -0.4 is 32.7 Å². The first-order chi connectivity index (χ1) is 46.6. The van der Waals surface area contributed by atoms with E-state index in [1.165, 1.54) is 49.6 Å². The van der Waals surface area contributed by atoms with Crippen molar-refractivity contribution in [3.8, 4) is 0 Å². The Morgan fingerprint density at radius 2 is 1.07 bits per heavy atom. The fourth-order valence-corrected chi connectivity index (χ4v) is 8.28. The van der Waals surface area contributed by atoms with Crippen LogP contribution in [0.5, 0.6) is 0 Å². The number of aryl methyl sites for hydroxylation is 1. The van der Waals surface area contributed by atoms with Crippen LogP contribution in [0.1, 0.15) is 169 Å². The van der Waals surface area contributed by atoms with Crippen LogP contribution in [0.4, 0.5) is 0 Å². The number of amides is 5. The highest BCUT2D eigenvalue weighted by Crippen LogP contribution is 2.12. The summed E-state index contributed by atoms with van der Waals surface area (Å²) in [5.41, 5.74) is 11.8. The lowest BCUT2D eigenvalue weighted by Gasteiger charge is -2.18. The highest BCUT2D eigenvalue weighted by Gasteiger charge is 2.27. The van der Waals surface area contributed by atoms with Gasteiger partial charge in [0.05, 0.1) is 82.1 Å². The van der Waals surface area contributed by atoms with Gasteiger partial charge in [0, 0.05) is 101 Å². The van der Waals surface area contributed by atoms with E-state index in [9.17, 15) is 70.7 Å². The van der Waals surface area contributed by atoms with Crippen LogP contribution >= 0.6 is 0 Å². The minimum absolute atomic E-state index is 0.00652. The number of benzene rings is 1. The van der Waals surface area contributed by atoms with E-state index in [4.69, 9.17) is 35.9 Å². The average molecular weight is 1430 g/mol. The number of rotatable bonds is 39. The Morgan fingerprint density at radius 3 is 1.43 bits per heavy atom. The molecule has 2 heterocycles. The number of nitrogens with one attached hydrogen (secondary N) is 4. The summed E-state index contributed by atoms with van der Waals surface area (Å²) in [6, 6.07) is 5.13. The molecule has 33 heteroatoms. The molecule has 0 aromatic heterocycles. The maximum atomic E-state index is 12.5. The van der Waals surface area contributed by atoms with Gasteiger partial charge < -0.3 is 76.6 Å². The standard InChI is InChI=1S/C25H45N5O7.C10H17NO5.C8H18N2O.C8H10O3S.C6H13NO2.C5H9NO.C4H4O3/c1-18(31)20(10-5-7-14-26)29-25(36)24(35)21(27-3)11-6-8-15-28-22(33)12-13-23(34)37-17-9-16-30(4)19(2)32;1-8(12)11(2)6-3-7-16-10(15)5-4-9(13)14;1-7(11)8(10-2)5-3-4-6-9;1-7-3-5-8(6-4-7)12(9,10)11-2;1-6(9)7(2)4-3-5-8;1-5-6-3-2-4-7-5;5-3-1-2-4(6)7-3/h20-21,27H,5-17,26H2,1-4H3,(H,28,33)(H,29,36);3-7H2,1-2H3,(H,13,14);8,10H,3-6,9H2,1-2H3;3-6H,1-2H3;8H,3-5H2,1-2H3;2-4H2,1H3;1-2H2. The van der Waals surface area contributed by atoms with Crippen LogP contribution in [0, 0.1) is 6.92 Å². The maximum absolute atomic E-state index is 12.5. The van der Waals surface area contributed by atoms with Gasteiger partial charge in [-0.05, 0) is 131 Å². The van der Waals surface area contributed by atoms with Gasteiger partial charge in [-0.2, -0.15) is 8.42 Å². The van der Waals surface area contributed by atoms with Crippen molar-refractivity contribution in [2.75, 3.05) is 115 Å². The summed E-state index contributed by atoms with van der Waals surface area (Å²) >= 11 is 0. The van der Waals surface area contributed by atoms with Crippen molar-refractivity contribution in [2.24, 2.45) is 16.5 Å². The van der Waals surface area contributed by atoms with E-state index in [0.29, 0.717) is 90.6 Å². The molecule has 1 aromatic carbocycles. The zero-order valence-corrected chi connectivity index (χ0v) is 61.5. The van der Waals surface area contributed by atoms with Gasteiger partial charge in [-0.3, -0.25) is 71.5 Å². The molecule has 5 amide bonds. The zero-order chi connectivity index (χ0) is 76.3. The fraction of sp³-hybridized carbons (Fsp3) is 0.697. The topological polar surface area (TPSA) is 465 Å². The maximum Gasteiger partial charge on any atom is 0.314 e. The number of ether oxygens (including phenoxy) is 4. The van der Waals surface area contributed by atoms with Crippen molar-refractivity contribution in [1.29, 1.82) is 0 Å². The molecule has 0 radical (unpaired) electrons. The first-order valence-electron chi connectivity index (χ1n) is 33.0. The first-order valence-corrected chi connectivity index (χ1v) is 34.4. The first kappa shape index (κ1) is 97.7. The number of likely N-dealkylation sites (N-methyl/N-ethyl adjacent to an activating group) is 2. The van der Waals surface area contributed by atoms with E-state index >= 15 is 0 Å². The number of carboxylic acids is 1. The SMILES string of the molecule is CC(=O)N(C)CCCO.CC(=O)N(C)CCCOC(=O)CCC(=O)O.CC1=NCCCO1.CNC(CCCCN)C(C)=O.CNC(CCCCNC(=O)CCC(=O)OCCCN(C)C(C)=O)C(=O)C(=O)NC(CCCCN)C(C)=O.COS(=O)(=O)c1ccc(C)cc1.O=C1CCC(=O)O1. The van der Waals surface area contributed by atoms with Crippen LogP contribution in [0.25, 0.3) is 0 Å². The summed E-state index contributed by atoms with van der Waals surface area (Å²) < 4.78 is 45.5. The number of carbonyl (C=O) groups excluding carboxylic acids is 12.